The number of hydrogen-bond donors (Lipinski definition) is 1. The van der Waals surface area contributed by atoms with Gasteiger partial charge in [-0.1, -0.05) is 38.1 Å². The highest BCUT2D eigenvalue weighted by molar-refractivity contribution is 5.93. The molecule has 0 aliphatic heterocycles. The largest absolute Gasteiger partial charge is 0.484 e. The van der Waals surface area contributed by atoms with Gasteiger partial charge in [0.15, 0.2) is 6.61 Å². The topological polar surface area (TPSA) is 62.1 Å². The number of nitriles is 1. The summed E-state index contributed by atoms with van der Waals surface area (Å²) in [6, 6.07) is 16.7. The SMILES string of the molecule is CC[C@H](C)c1ccc(OCC(=O)Nc2ccccc2C#N)cc1. The van der Waals surface area contributed by atoms with E-state index in [1.54, 1.807) is 24.3 Å². The molecular formula is C19H20N2O2. The average Bonchev–Trinajstić information content (AvgIpc) is 2.60. The minimum atomic E-state index is -0.293. The smallest absolute Gasteiger partial charge is 0.262 e. The number of nitrogens with zero attached hydrogens (tertiary/aromatic N) is 1. The van der Waals surface area contributed by atoms with Crippen LogP contribution in [-0.4, -0.2) is 12.5 Å². The third-order valence-electron chi connectivity index (χ3n) is 3.75. The standard InChI is InChI=1S/C19H20N2O2/c1-3-14(2)15-8-10-17(11-9-15)23-13-19(22)21-18-7-5-4-6-16(18)12-20/h4-11,14H,3,13H2,1-2H3,(H,21,22)/t14-/m0/s1. The molecule has 0 fully saturated rings. The summed E-state index contributed by atoms with van der Waals surface area (Å²) in [5, 5.41) is 11.7. The molecule has 0 saturated heterocycles. The fraction of sp³-hybridized carbons (Fsp3) is 0.263. The Balaban J connectivity index is 1.91. The van der Waals surface area contributed by atoms with E-state index >= 15 is 0 Å². The molecule has 4 nitrogen and oxygen atoms in total. The predicted molar refractivity (Wildman–Crippen MR) is 90.4 cm³/mol. The van der Waals surface area contributed by atoms with Gasteiger partial charge in [-0.25, -0.2) is 0 Å². The molecule has 0 aromatic heterocycles. The van der Waals surface area contributed by atoms with Crippen LogP contribution in [0.2, 0.25) is 0 Å². The minimum absolute atomic E-state index is 0.0948. The van der Waals surface area contributed by atoms with Crippen LogP contribution in [0.5, 0.6) is 5.75 Å². The maximum Gasteiger partial charge on any atom is 0.262 e. The molecular weight excluding hydrogens is 288 g/mol. The van der Waals surface area contributed by atoms with Crippen LogP contribution in [0, 0.1) is 11.3 Å². The molecule has 1 atom stereocenters. The van der Waals surface area contributed by atoms with Crippen molar-refractivity contribution in [3.05, 3.63) is 59.7 Å². The molecule has 0 bridgehead atoms. The van der Waals surface area contributed by atoms with Crippen LogP contribution in [0.3, 0.4) is 0 Å². The molecule has 0 saturated carbocycles. The summed E-state index contributed by atoms with van der Waals surface area (Å²) in [4.78, 5) is 11.9. The van der Waals surface area contributed by atoms with Gasteiger partial charge < -0.3 is 10.1 Å². The first-order valence-electron chi connectivity index (χ1n) is 7.65. The number of carbonyl (C=O) groups excluding carboxylic acids is 1. The van der Waals surface area contributed by atoms with E-state index in [2.05, 4.69) is 19.2 Å². The van der Waals surface area contributed by atoms with Crippen molar-refractivity contribution in [1.29, 1.82) is 5.26 Å². The molecule has 23 heavy (non-hydrogen) atoms. The van der Waals surface area contributed by atoms with Crippen molar-refractivity contribution in [3.63, 3.8) is 0 Å². The Labute approximate surface area is 136 Å². The van der Waals surface area contributed by atoms with Crippen molar-refractivity contribution >= 4 is 11.6 Å². The quantitative estimate of drug-likeness (QED) is 0.874. The summed E-state index contributed by atoms with van der Waals surface area (Å²) in [6.45, 7) is 4.23. The summed E-state index contributed by atoms with van der Waals surface area (Å²) >= 11 is 0. The van der Waals surface area contributed by atoms with Crippen LogP contribution in [0.1, 0.15) is 37.3 Å². The molecule has 4 heteroatoms. The van der Waals surface area contributed by atoms with Crippen LogP contribution >= 0.6 is 0 Å². The summed E-state index contributed by atoms with van der Waals surface area (Å²) < 4.78 is 5.49. The van der Waals surface area contributed by atoms with E-state index in [0.29, 0.717) is 22.9 Å². The van der Waals surface area contributed by atoms with E-state index in [-0.39, 0.29) is 12.5 Å². The van der Waals surface area contributed by atoms with Crippen molar-refractivity contribution in [2.75, 3.05) is 11.9 Å². The second-order valence-electron chi connectivity index (χ2n) is 5.37. The lowest BCUT2D eigenvalue weighted by Gasteiger charge is -2.11. The second-order valence-corrected chi connectivity index (χ2v) is 5.37. The minimum Gasteiger partial charge on any atom is -0.484 e. The summed E-state index contributed by atoms with van der Waals surface area (Å²) in [5.41, 5.74) is 2.18. The first kappa shape index (κ1) is 16.6. The fourth-order valence-corrected chi connectivity index (χ4v) is 2.15. The molecule has 1 N–H and O–H groups in total. The van der Waals surface area contributed by atoms with Crippen LogP contribution in [0.4, 0.5) is 5.69 Å². The summed E-state index contributed by atoms with van der Waals surface area (Å²) in [7, 11) is 0. The second kappa shape index (κ2) is 8.00. The Bertz CT molecular complexity index is 702. The molecule has 0 aliphatic rings. The molecule has 0 heterocycles. The maximum atomic E-state index is 11.9. The average molecular weight is 308 g/mol. The van der Waals surface area contributed by atoms with E-state index in [4.69, 9.17) is 10.00 Å². The number of anilines is 1. The number of ether oxygens (including phenoxy) is 1. The lowest BCUT2D eigenvalue weighted by atomic mass is 9.99. The van der Waals surface area contributed by atoms with Gasteiger partial charge in [0, 0.05) is 0 Å². The summed E-state index contributed by atoms with van der Waals surface area (Å²) in [5.74, 6) is 0.870. The van der Waals surface area contributed by atoms with Crippen molar-refractivity contribution in [2.45, 2.75) is 26.2 Å². The van der Waals surface area contributed by atoms with Crippen molar-refractivity contribution in [2.24, 2.45) is 0 Å². The number of nitrogens with one attached hydrogen (secondary N) is 1. The van der Waals surface area contributed by atoms with Crippen molar-refractivity contribution in [3.8, 4) is 11.8 Å². The highest BCUT2D eigenvalue weighted by Crippen LogP contribution is 2.21. The van der Waals surface area contributed by atoms with Gasteiger partial charge in [-0.3, -0.25) is 4.79 Å². The molecule has 2 aromatic rings. The zero-order valence-corrected chi connectivity index (χ0v) is 13.4. The van der Waals surface area contributed by atoms with Gasteiger partial charge in [0.25, 0.3) is 5.91 Å². The normalized spacial score (nSPS) is 11.3. The highest BCUT2D eigenvalue weighted by atomic mass is 16.5. The van der Waals surface area contributed by atoms with E-state index in [9.17, 15) is 4.79 Å². The van der Waals surface area contributed by atoms with Gasteiger partial charge in [-0.15, -0.1) is 0 Å². The lowest BCUT2D eigenvalue weighted by molar-refractivity contribution is -0.118. The molecule has 0 aliphatic carbocycles. The summed E-state index contributed by atoms with van der Waals surface area (Å²) in [6.07, 6.45) is 1.08. The number of rotatable bonds is 6. The zero-order valence-electron chi connectivity index (χ0n) is 13.4. The van der Waals surface area contributed by atoms with Gasteiger partial charge in [0.1, 0.15) is 11.8 Å². The Hall–Kier alpha value is -2.80. The van der Waals surface area contributed by atoms with Gasteiger partial charge in [-0.2, -0.15) is 5.26 Å². The third kappa shape index (κ3) is 4.58. The molecule has 0 spiro atoms. The molecule has 2 rings (SSSR count). The van der Waals surface area contributed by atoms with E-state index in [1.165, 1.54) is 5.56 Å². The zero-order chi connectivity index (χ0) is 16.7. The van der Waals surface area contributed by atoms with Crippen molar-refractivity contribution < 1.29 is 9.53 Å². The number of hydrogen-bond acceptors (Lipinski definition) is 3. The van der Waals surface area contributed by atoms with Gasteiger partial charge in [-0.05, 0) is 42.2 Å². The Morgan fingerprint density at radius 3 is 2.57 bits per heavy atom. The molecule has 2 aromatic carbocycles. The number of benzene rings is 2. The Morgan fingerprint density at radius 2 is 1.91 bits per heavy atom. The molecule has 118 valence electrons. The molecule has 0 unspecified atom stereocenters. The van der Waals surface area contributed by atoms with Crippen LogP contribution in [0.25, 0.3) is 0 Å². The Morgan fingerprint density at radius 1 is 1.22 bits per heavy atom. The van der Waals surface area contributed by atoms with Crippen molar-refractivity contribution in [1.82, 2.24) is 0 Å². The van der Waals surface area contributed by atoms with Crippen LogP contribution in [-0.2, 0) is 4.79 Å². The number of carbonyl (C=O) groups is 1. The lowest BCUT2D eigenvalue weighted by Crippen LogP contribution is -2.20. The first-order valence-corrected chi connectivity index (χ1v) is 7.65. The molecule has 0 radical (unpaired) electrons. The highest BCUT2D eigenvalue weighted by Gasteiger charge is 2.08. The van der Waals surface area contributed by atoms with E-state index < -0.39 is 0 Å². The number of amides is 1. The van der Waals surface area contributed by atoms with Crippen LogP contribution in [0.15, 0.2) is 48.5 Å². The van der Waals surface area contributed by atoms with E-state index in [0.717, 1.165) is 6.42 Å². The monoisotopic (exact) mass is 308 g/mol. The van der Waals surface area contributed by atoms with Gasteiger partial charge in [0.05, 0.1) is 11.3 Å². The van der Waals surface area contributed by atoms with Crippen LogP contribution < -0.4 is 10.1 Å². The first-order chi connectivity index (χ1) is 11.1. The molecule has 1 amide bonds. The Kier molecular flexibility index (Phi) is 5.76. The number of para-hydroxylation sites is 1. The predicted octanol–water partition coefficient (Wildman–Crippen LogP) is 4.09. The fourth-order valence-electron chi connectivity index (χ4n) is 2.15. The van der Waals surface area contributed by atoms with Gasteiger partial charge in [0.2, 0.25) is 0 Å². The van der Waals surface area contributed by atoms with Gasteiger partial charge >= 0.3 is 0 Å². The maximum absolute atomic E-state index is 11.9. The third-order valence-corrected chi connectivity index (χ3v) is 3.75. The van der Waals surface area contributed by atoms with E-state index in [1.807, 2.05) is 30.3 Å².